The van der Waals surface area contributed by atoms with E-state index in [1.54, 1.807) is 0 Å². The van der Waals surface area contributed by atoms with Crippen molar-refractivity contribution in [3.63, 3.8) is 0 Å². The van der Waals surface area contributed by atoms with E-state index in [0.29, 0.717) is 0 Å². The highest BCUT2D eigenvalue weighted by atomic mass is 15.3. The lowest BCUT2D eigenvalue weighted by Gasteiger charge is -2.30. The zero-order chi connectivity index (χ0) is 15.7. The average molecular weight is 303 g/mol. The van der Waals surface area contributed by atoms with Crippen LogP contribution in [0.3, 0.4) is 0 Å². The van der Waals surface area contributed by atoms with Gasteiger partial charge in [0.25, 0.3) is 0 Å². The zero-order valence-electron chi connectivity index (χ0n) is 14.9. The summed E-state index contributed by atoms with van der Waals surface area (Å²) >= 11 is 0. The van der Waals surface area contributed by atoms with Crippen molar-refractivity contribution in [3.05, 3.63) is 35.9 Å². The minimum absolute atomic E-state index is 1.07. The van der Waals surface area contributed by atoms with Crippen LogP contribution in [0.25, 0.3) is 0 Å². The normalized spacial score (nSPS) is 16.8. The average Bonchev–Trinajstić information content (AvgIpc) is 2.52. The predicted molar refractivity (Wildman–Crippen MR) is 96.8 cm³/mol. The minimum atomic E-state index is 1.07. The molecule has 0 aliphatic heterocycles. The molecule has 0 radical (unpaired) electrons. The number of hydrogen-bond acceptors (Lipinski definition) is 0. The second-order valence-corrected chi connectivity index (χ2v) is 8.01. The van der Waals surface area contributed by atoms with Gasteiger partial charge in [-0.15, -0.1) is 0 Å². The van der Waals surface area contributed by atoms with Gasteiger partial charge in [0.05, 0.1) is 20.6 Å². The molecule has 2 rings (SSSR count). The topological polar surface area (TPSA) is 0 Å². The first-order valence-corrected chi connectivity index (χ1v) is 9.52. The summed E-state index contributed by atoms with van der Waals surface area (Å²) in [5.74, 6) is 1.07. The van der Waals surface area contributed by atoms with Gasteiger partial charge in [-0.1, -0.05) is 81.7 Å². The molecule has 1 nitrogen and oxygen atoms in total. The lowest BCUT2D eigenvalue weighted by atomic mass is 9.85. The van der Waals surface area contributed by atoms with Crippen molar-refractivity contribution in [2.45, 2.75) is 70.8 Å². The molecule has 1 aliphatic carbocycles. The Morgan fingerprint density at radius 3 is 2.27 bits per heavy atom. The van der Waals surface area contributed by atoms with Crippen molar-refractivity contribution < 1.29 is 4.48 Å². The molecule has 0 bridgehead atoms. The second kappa shape index (κ2) is 9.35. The molecule has 1 heteroatoms. The van der Waals surface area contributed by atoms with E-state index in [1.807, 2.05) is 0 Å². The molecule has 1 aromatic rings. The fourth-order valence-electron chi connectivity index (χ4n) is 3.96. The van der Waals surface area contributed by atoms with Crippen molar-refractivity contribution in [1.82, 2.24) is 0 Å². The van der Waals surface area contributed by atoms with Gasteiger partial charge in [0.1, 0.15) is 6.54 Å². The molecule has 1 aliphatic rings. The third-order valence-electron chi connectivity index (χ3n) is 5.30. The van der Waals surface area contributed by atoms with Crippen LogP contribution in [-0.2, 0) is 6.54 Å². The fraction of sp³-hybridized carbons (Fsp3) is 0.714. The lowest BCUT2D eigenvalue weighted by Crippen LogP contribution is -2.39. The zero-order valence-corrected chi connectivity index (χ0v) is 14.9. The molecular formula is C21H36N+. The van der Waals surface area contributed by atoms with Gasteiger partial charge in [0.2, 0.25) is 0 Å². The van der Waals surface area contributed by atoms with Crippen LogP contribution in [0.5, 0.6) is 0 Å². The highest BCUT2D eigenvalue weighted by Crippen LogP contribution is 2.28. The molecule has 0 heterocycles. The maximum atomic E-state index is 2.37. The van der Waals surface area contributed by atoms with E-state index in [1.165, 1.54) is 76.3 Å². The molecule has 0 spiro atoms. The minimum Gasteiger partial charge on any atom is -0.325 e. The second-order valence-electron chi connectivity index (χ2n) is 8.01. The first kappa shape index (κ1) is 17.5. The lowest BCUT2D eigenvalue weighted by molar-refractivity contribution is -0.903. The van der Waals surface area contributed by atoms with E-state index in [9.17, 15) is 0 Å². The molecule has 0 N–H and O–H groups in total. The van der Waals surface area contributed by atoms with Gasteiger partial charge < -0.3 is 4.48 Å². The monoisotopic (exact) mass is 302 g/mol. The highest BCUT2D eigenvalue weighted by molar-refractivity contribution is 5.13. The van der Waals surface area contributed by atoms with Crippen molar-refractivity contribution in [2.24, 2.45) is 5.92 Å². The predicted octanol–water partition coefficient (Wildman–Crippen LogP) is 5.79. The van der Waals surface area contributed by atoms with Crippen molar-refractivity contribution in [1.29, 1.82) is 0 Å². The summed E-state index contributed by atoms with van der Waals surface area (Å²) in [6.45, 7) is 2.46. The number of benzene rings is 1. The van der Waals surface area contributed by atoms with Crippen LogP contribution >= 0.6 is 0 Å². The van der Waals surface area contributed by atoms with Gasteiger partial charge in [0.15, 0.2) is 0 Å². The Kier molecular flexibility index (Phi) is 7.45. The Morgan fingerprint density at radius 1 is 0.864 bits per heavy atom. The van der Waals surface area contributed by atoms with Crippen LogP contribution < -0.4 is 0 Å². The van der Waals surface area contributed by atoms with Crippen LogP contribution in [0.15, 0.2) is 30.3 Å². The number of hydrogen-bond donors (Lipinski definition) is 0. The van der Waals surface area contributed by atoms with E-state index >= 15 is 0 Å². The molecule has 124 valence electrons. The summed E-state index contributed by atoms with van der Waals surface area (Å²) in [4.78, 5) is 0. The number of unbranched alkanes of at least 4 members (excludes halogenated alkanes) is 3. The molecule has 0 amide bonds. The van der Waals surface area contributed by atoms with Gasteiger partial charge in [0, 0.05) is 5.56 Å². The number of nitrogens with zero attached hydrogens (tertiary/aromatic N) is 1. The number of quaternary nitrogens is 1. The van der Waals surface area contributed by atoms with Crippen LogP contribution in [0.2, 0.25) is 0 Å². The van der Waals surface area contributed by atoms with Gasteiger partial charge >= 0.3 is 0 Å². The summed E-state index contributed by atoms with van der Waals surface area (Å²) < 4.78 is 1.12. The SMILES string of the molecule is C[N+](C)(CCCCCCC1CCCCC1)Cc1ccccc1. The molecule has 22 heavy (non-hydrogen) atoms. The molecule has 1 aromatic carbocycles. The van der Waals surface area contributed by atoms with E-state index < -0.39 is 0 Å². The molecule has 0 atom stereocenters. The molecular weight excluding hydrogens is 266 g/mol. The standard InChI is InChI=1S/C21H36N/c1-22(2,19-21-16-10-6-11-17-21)18-12-4-3-7-13-20-14-8-5-9-15-20/h6,10-11,16-17,20H,3-5,7-9,12-15,18-19H2,1-2H3/q+1. The fourth-order valence-corrected chi connectivity index (χ4v) is 3.96. The van der Waals surface area contributed by atoms with Crippen molar-refractivity contribution in [3.8, 4) is 0 Å². The smallest absolute Gasteiger partial charge is 0.104 e. The molecule has 1 fully saturated rings. The highest BCUT2D eigenvalue weighted by Gasteiger charge is 2.15. The van der Waals surface area contributed by atoms with E-state index in [0.717, 1.165) is 16.9 Å². The Bertz CT molecular complexity index is 390. The summed E-state index contributed by atoms with van der Waals surface area (Å²) in [5.41, 5.74) is 1.46. The van der Waals surface area contributed by atoms with Crippen LogP contribution in [0, 0.1) is 5.92 Å². The molecule has 1 saturated carbocycles. The maximum Gasteiger partial charge on any atom is 0.104 e. The van der Waals surface area contributed by atoms with Crippen molar-refractivity contribution in [2.75, 3.05) is 20.6 Å². The van der Waals surface area contributed by atoms with Gasteiger partial charge in [-0.25, -0.2) is 0 Å². The van der Waals surface area contributed by atoms with Crippen LogP contribution in [0.4, 0.5) is 0 Å². The van der Waals surface area contributed by atoms with Gasteiger partial charge in [-0.3, -0.25) is 0 Å². The van der Waals surface area contributed by atoms with Crippen LogP contribution in [0.1, 0.15) is 69.8 Å². The summed E-state index contributed by atoms with van der Waals surface area (Å²) in [7, 11) is 4.74. The molecule has 0 aromatic heterocycles. The third kappa shape index (κ3) is 6.96. The quantitative estimate of drug-likeness (QED) is 0.400. The maximum absolute atomic E-state index is 2.37. The van der Waals surface area contributed by atoms with E-state index in [2.05, 4.69) is 44.4 Å². The summed E-state index contributed by atoms with van der Waals surface area (Å²) in [5, 5.41) is 0. The first-order valence-electron chi connectivity index (χ1n) is 9.52. The summed E-state index contributed by atoms with van der Waals surface area (Å²) in [6, 6.07) is 10.9. The molecule has 0 saturated heterocycles. The van der Waals surface area contributed by atoms with E-state index in [4.69, 9.17) is 0 Å². The Hall–Kier alpha value is -0.820. The van der Waals surface area contributed by atoms with Crippen LogP contribution in [-0.4, -0.2) is 25.1 Å². The Balaban J connectivity index is 1.53. The first-order chi connectivity index (χ1) is 10.7. The van der Waals surface area contributed by atoms with Crippen molar-refractivity contribution >= 4 is 0 Å². The third-order valence-corrected chi connectivity index (χ3v) is 5.30. The van der Waals surface area contributed by atoms with Gasteiger partial charge in [-0.05, 0) is 18.8 Å². The van der Waals surface area contributed by atoms with Gasteiger partial charge in [-0.2, -0.15) is 0 Å². The largest absolute Gasteiger partial charge is 0.325 e. The Labute approximate surface area is 138 Å². The summed E-state index contributed by atoms with van der Waals surface area (Å²) in [6.07, 6.45) is 14.7. The number of rotatable bonds is 9. The molecule has 0 unspecified atom stereocenters. The van der Waals surface area contributed by atoms with E-state index in [-0.39, 0.29) is 0 Å². The Morgan fingerprint density at radius 2 is 1.55 bits per heavy atom.